The zero-order valence-electron chi connectivity index (χ0n) is 17.5. The number of amides is 1. The number of halogens is 3. The molecule has 2 aromatic rings. The van der Waals surface area contributed by atoms with Crippen LogP contribution >= 0.6 is 0 Å². The first-order chi connectivity index (χ1) is 15.3. The van der Waals surface area contributed by atoms with E-state index in [1.807, 2.05) is 24.0 Å². The fourth-order valence-electron chi connectivity index (χ4n) is 3.77. The van der Waals surface area contributed by atoms with E-state index in [0.29, 0.717) is 31.8 Å². The molecule has 4 rings (SSSR count). The smallest absolute Gasteiger partial charge is 0.352 e. The number of nitrogens with zero attached hydrogens (tertiary/aromatic N) is 3. The Bertz CT molecular complexity index is 1070. The highest BCUT2D eigenvalue weighted by Gasteiger charge is 2.29. The number of nitrogens with one attached hydrogen (secondary N) is 3. The lowest BCUT2D eigenvalue weighted by Crippen LogP contribution is -2.47. The van der Waals surface area contributed by atoms with Crippen LogP contribution in [0.4, 0.5) is 13.2 Å². The number of allylic oxidation sites excluding steroid dienone is 2. The van der Waals surface area contributed by atoms with Crippen LogP contribution in [0.1, 0.15) is 29.3 Å². The molecular formula is C22H23F3N6O. The average Bonchev–Trinajstić information content (AvgIpc) is 2.76. The summed E-state index contributed by atoms with van der Waals surface area (Å²) in [4.78, 5) is 22.7. The standard InChI is InChI=1S/C22H23F3N6O/c1-14-8-19(21(32)28-11-15-2-5-26-6-3-15)29-30-20(14)31-7-4-18-17(13-31)9-16(12-27-18)10-22(23,24)25/h2-3,5-6,8-9,12,29-30H,4,7,10-11,13H2,1H3,(H,28,32). The Hall–Kier alpha value is -3.56. The van der Waals surface area contributed by atoms with Gasteiger partial charge in [0, 0.05) is 50.3 Å². The molecule has 0 fully saturated rings. The number of alkyl halides is 3. The molecular weight excluding hydrogens is 421 g/mol. The van der Waals surface area contributed by atoms with E-state index in [9.17, 15) is 18.0 Å². The molecule has 0 radical (unpaired) electrons. The largest absolute Gasteiger partial charge is 0.393 e. The minimum atomic E-state index is -4.27. The number of fused-ring (bicyclic) bond motifs is 1. The van der Waals surface area contributed by atoms with Gasteiger partial charge >= 0.3 is 6.18 Å². The van der Waals surface area contributed by atoms with Crippen molar-refractivity contribution in [3.05, 3.63) is 82.3 Å². The van der Waals surface area contributed by atoms with Crippen molar-refractivity contribution in [2.24, 2.45) is 0 Å². The van der Waals surface area contributed by atoms with Crippen molar-refractivity contribution in [1.82, 2.24) is 31.0 Å². The molecule has 2 aromatic heterocycles. The highest BCUT2D eigenvalue weighted by Crippen LogP contribution is 2.26. The number of carbonyl (C=O) groups excluding carboxylic acids is 1. The number of hydrogen-bond donors (Lipinski definition) is 3. The van der Waals surface area contributed by atoms with E-state index >= 15 is 0 Å². The quantitative estimate of drug-likeness (QED) is 0.658. The first kappa shape index (κ1) is 21.7. The highest BCUT2D eigenvalue weighted by atomic mass is 19.4. The molecule has 2 aliphatic heterocycles. The third-order valence-corrected chi connectivity index (χ3v) is 5.31. The van der Waals surface area contributed by atoms with Crippen molar-refractivity contribution >= 4 is 5.91 Å². The summed E-state index contributed by atoms with van der Waals surface area (Å²) in [6.45, 7) is 3.36. The number of aromatic nitrogens is 2. The molecule has 0 atom stereocenters. The second kappa shape index (κ2) is 8.89. The van der Waals surface area contributed by atoms with Crippen LogP contribution in [0.5, 0.6) is 0 Å². The van der Waals surface area contributed by atoms with Crippen molar-refractivity contribution in [2.45, 2.75) is 39.0 Å². The Morgan fingerprint density at radius 2 is 2.00 bits per heavy atom. The Labute approximate surface area is 183 Å². The van der Waals surface area contributed by atoms with E-state index < -0.39 is 12.6 Å². The van der Waals surface area contributed by atoms with Crippen LogP contribution in [0.2, 0.25) is 0 Å². The van der Waals surface area contributed by atoms with Crippen LogP contribution in [0.3, 0.4) is 0 Å². The first-order valence-electron chi connectivity index (χ1n) is 10.2. The summed E-state index contributed by atoms with van der Waals surface area (Å²) in [6.07, 6.45) is 1.77. The zero-order valence-corrected chi connectivity index (χ0v) is 17.5. The van der Waals surface area contributed by atoms with Gasteiger partial charge in [0.05, 0.1) is 6.42 Å². The van der Waals surface area contributed by atoms with Gasteiger partial charge in [0.2, 0.25) is 0 Å². The van der Waals surface area contributed by atoms with Crippen molar-refractivity contribution in [3.8, 4) is 0 Å². The van der Waals surface area contributed by atoms with Crippen molar-refractivity contribution in [3.63, 3.8) is 0 Å². The molecule has 0 saturated carbocycles. The molecule has 0 aromatic carbocycles. The van der Waals surface area contributed by atoms with Gasteiger partial charge in [0.15, 0.2) is 0 Å². The van der Waals surface area contributed by atoms with Crippen molar-refractivity contribution < 1.29 is 18.0 Å². The second-order valence-electron chi connectivity index (χ2n) is 7.79. The maximum absolute atomic E-state index is 12.7. The lowest BCUT2D eigenvalue weighted by molar-refractivity contribution is -0.127. The SMILES string of the molecule is CC1=C(N2CCc3ncc(CC(F)(F)F)cc3C2)NNC(C(=O)NCc2ccncc2)=C1. The molecule has 4 heterocycles. The van der Waals surface area contributed by atoms with Gasteiger partial charge in [-0.2, -0.15) is 13.2 Å². The van der Waals surface area contributed by atoms with E-state index in [1.54, 1.807) is 24.5 Å². The number of rotatable bonds is 5. The molecule has 3 N–H and O–H groups in total. The monoisotopic (exact) mass is 444 g/mol. The fraction of sp³-hybridized carbons (Fsp3) is 0.318. The van der Waals surface area contributed by atoms with E-state index in [1.165, 1.54) is 6.20 Å². The van der Waals surface area contributed by atoms with Crippen LogP contribution in [0.25, 0.3) is 0 Å². The summed E-state index contributed by atoms with van der Waals surface area (Å²) in [5.74, 6) is 0.528. The van der Waals surface area contributed by atoms with Crippen LogP contribution in [-0.4, -0.2) is 33.5 Å². The maximum atomic E-state index is 12.7. The second-order valence-corrected chi connectivity index (χ2v) is 7.79. The lowest BCUT2D eigenvalue weighted by atomic mass is 10.0. The Balaban J connectivity index is 1.44. The summed E-state index contributed by atoms with van der Waals surface area (Å²) >= 11 is 0. The Kier molecular flexibility index (Phi) is 6.02. The third kappa shape index (κ3) is 5.19. The number of hydrazine groups is 1. The minimum absolute atomic E-state index is 0.159. The van der Waals surface area contributed by atoms with E-state index in [0.717, 1.165) is 28.2 Å². The third-order valence-electron chi connectivity index (χ3n) is 5.31. The van der Waals surface area contributed by atoms with Gasteiger partial charge in [-0.1, -0.05) is 6.07 Å². The van der Waals surface area contributed by atoms with E-state index in [-0.39, 0.29) is 11.5 Å². The normalized spacial score (nSPS) is 16.0. The Morgan fingerprint density at radius 1 is 1.22 bits per heavy atom. The first-order valence-corrected chi connectivity index (χ1v) is 10.2. The zero-order chi connectivity index (χ0) is 22.7. The van der Waals surface area contributed by atoms with Crippen LogP contribution in [-0.2, 0) is 30.7 Å². The lowest BCUT2D eigenvalue weighted by Gasteiger charge is -2.35. The predicted octanol–water partition coefficient (Wildman–Crippen LogP) is 2.48. The van der Waals surface area contributed by atoms with Gasteiger partial charge in [-0.05, 0) is 47.4 Å². The molecule has 32 heavy (non-hydrogen) atoms. The summed E-state index contributed by atoms with van der Waals surface area (Å²) in [7, 11) is 0. The average molecular weight is 444 g/mol. The molecule has 168 valence electrons. The van der Waals surface area contributed by atoms with Gasteiger partial charge in [-0.3, -0.25) is 25.6 Å². The summed E-state index contributed by atoms with van der Waals surface area (Å²) in [5.41, 5.74) is 9.92. The molecule has 1 amide bonds. The summed E-state index contributed by atoms with van der Waals surface area (Å²) < 4.78 is 38.2. The summed E-state index contributed by atoms with van der Waals surface area (Å²) in [6, 6.07) is 5.24. The minimum Gasteiger partial charge on any atom is -0.352 e. The predicted molar refractivity (Wildman–Crippen MR) is 111 cm³/mol. The summed E-state index contributed by atoms with van der Waals surface area (Å²) in [5, 5.41) is 2.85. The molecule has 0 unspecified atom stereocenters. The number of hydrogen-bond acceptors (Lipinski definition) is 6. The maximum Gasteiger partial charge on any atom is 0.393 e. The highest BCUT2D eigenvalue weighted by molar-refractivity contribution is 5.93. The van der Waals surface area contributed by atoms with Gasteiger partial charge in [0.25, 0.3) is 5.91 Å². The molecule has 0 bridgehead atoms. The number of pyridine rings is 2. The van der Waals surface area contributed by atoms with Crippen molar-refractivity contribution in [1.29, 1.82) is 0 Å². The van der Waals surface area contributed by atoms with E-state index in [4.69, 9.17) is 0 Å². The molecule has 0 spiro atoms. The van der Waals surface area contributed by atoms with Crippen LogP contribution in [0, 0.1) is 0 Å². The van der Waals surface area contributed by atoms with Gasteiger partial charge in [-0.25, -0.2) is 0 Å². The molecule has 2 aliphatic rings. The van der Waals surface area contributed by atoms with Crippen LogP contribution in [0.15, 0.2) is 60.0 Å². The molecule has 0 aliphatic carbocycles. The van der Waals surface area contributed by atoms with Gasteiger partial charge < -0.3 is 10.2 Å². The van der Waals surface area contributed by atoms with E-state index in [2.05, 4.69) is 26.1 Å². The molecule has 10 heteroatoms. The molecule has 0 saturated heterocycles. The fourth-order valence-corrected chi connectivity index (χ4v) is 3.77. The Morgan fingerprint density at radius 3 is 2.72 bits per heavy atom. The van der Waals surface area contributed by atoms with Gasteiger partial charge in [0.1, 0.15) is 11.5 Å². The van der Waals surface area contributed by atoms with Crippen molar-refractivity contribution in [2.75, 3.05) is 6.54 Å². The molecule has 7 nitrogen and oxygen atoms in total. The van der Waals surface area contributed by atoms with Crippen LogP contribution < -0.4 is 16.2 Å². The van der Waals surface area contributed by atoms with Gasteiger partial charge in [-0.15, -0.1) is 0 Å². The number of carbonyl (C=O) groups is 1. The topological polar surface area (TPSA) is 82.2 Å².